The van der Waals surface area contributed by atoms with E-state index in [4.69, 9.17) is 0 Å². The van der Waals surface area contributed by atoms with Gasteiger partial charge in [-0.1, -0.05) is 12.5 Å². The number of aromatic nitrogens is 2. The molecule has 25 heavy (non-hydrogen) atoms. The van der Waals surface area contributed by atoms with Crippen molar-refractivity contribution in [3.63, 3.8) is 0 Å². The van der Waals surface area contributed by atoms with Gasteiger partial charge in [0.05, 0.1) is 0 Å². The largest absolute Gasteiger partial charge is 0.236 e. The van der Waals surface area contributed by atoms with Gasteiger partial charge in [0.1, 0.15) is 0 Å². The second-order valence-electron chi connectivity index (χ2n) is 6.91. The molecule has 0 bridgehead atoms. The summed E-state index contributed by atoms with van der Waals surface area (Å²) < 4.78 is 26.4. The van der Waals surface area contributed by atoms with E-state index in [0.717, 1.165) is 30.0 Å². The van der Waals surface area contributed by atoms with Gasteiger partial charge in [-0.25, -0.2) is 18.7 Å². The van der Waals surface area contributed by atoms with Gasteiger partial charge in [0, 0.05) is 18.0 Å². The Kier molecular flexibility index (Phi) is 5.90. The summed E-state index contributed by atoms with van der Waals surface area (Å²) in [5.41, 5.74) is 1.65. The highest BCUT2D eigenvalue weighted by molar-refractivity contribution is 5.54. The van der Waals surface area contributed by atoms with Crippen LogP contribution in [0.4, 0.5) is 8.78 Å². The van der Waals surface area contributed by atoms with Crippen molar-refractivity contribution in [2.45, 2.75) is 50.9 Å². The highest BCUT2D eigenvalue weighted by Crippen LogP contribution is 2.37. The highest BCUT2D eigenvalue weighted by Gasteiger charge is 2.22. The van der Waals surface area contributed by atoms with Gasteiger partial charge >= 0.3 is 0 Å². The molecule has 1 fully saturated rings. The average molecular weight is 342 g/mol. The Balaban J connectivity index is 1.59. The first-order valence-corrected chi connectivity index (χ1v) is 9.05. The van der Waals surface area contributed by atoms with E-state index in [1.807, 2.05) is 18.5 Å². The van der Waals surface area contributed by atoms with Crippen molar-refractivity contribution in [2.75, 3.05) is 0 Å². The van der Waals surface area contributed by atoms with Crippen molar-refractivity contribution >= 4 is 0 Å². The molecule has 0 radical (unpaired) electrons. The summed E-state index contributed by atoms with van der Waals surface area (Å²) in [4.78, 5) is 8.73. The number of allylic oxidation sites excluding steroid dienone is 1. The van der Waals surface area contributed by atoms with E-state index >= 15 is 0 Å². The second kappa shape index (κ2) is 8.32. The number of rotatable bonds is 6. The third-order valence-electron chi connectivity index (χ3n) is 5.19. The molecule has 1 aliphatic rings. The number of halogens is 2. The zero-order chi connectivity index (χ0) is 17.6. The molecule has 0 amide bonds. The van der Waals surface area contributed by atoms with Crippen LogP contribution in [0.15, 0.2) is 43.2 Å². The standard InChI is InChI=1S/C21H24F2N2/c1-2-3-4-5-15-6-8-16(9-7-15)18-13-24-21(25-14-18)17-10-11-19(22)20(23)12-17/h2,10-16H,1,3-9H2. The molecule has 1 aromatic carbocycles. The van der Waals surface area contributed by atoms with Crippen LogP contribution in [0.25, 0.3) is 11.4 Å². The number of hydrogen-bond donors (Lipinski definition) is 0. The Labute approximate surface area is 148 Å². The fraction of sp³-hybridized carbons (Fsp3) is 0.429. The summed E-state index contributed by atoms with van der Waals surface area (Å²) in [7, 11) is 0. The molecule has 0 aliphatic heterocycles. The van der Waals surface area contributed by atoms with Crippen molar-refractivity contribution in [2.24, 2.45) is 5.92 Å². The van der Waals surface area contributed by atoms with Crippen LogP contribution in [0.5, 0.6) is 0 Å². The van der Waals surface area contributed by atoms with E-state index < -0.39 is 11.6 Å². The molecule has 132 valence electrons. The zero-order valence-corrected chi connectivity index (χ0v) is 14.4. The summed E-state index contributed by atoms with van der Waals surface area (Å²) in [6.07, 6.45) is 14.2. The summed E-state index contributed by atoms with van der Waals surface area (Å²) in [6.45, 7) is 3.78. The molecule has 0 N–H and O–H groups in total. The molecule has 0 atom stereocenters. The number of unbranched alkanes of at least 4 members (excludes halogenated alkanes) is 1. The molecule has 0 saturated heterocycles. The highest BCUT2D eigenvalue weighted by atomic mass is 19.2. The molecule has 2 aromatic rings. The molecule has 2 nitrogen and oxygen atoms in total. The Morgan fingerprint density at radius 1 is 1.04 bits per heavy atom. The Morgan fingerprint density at radius 3 is 2.40 bits per heavy atom. The normalized spacial score (nSPS) is 20.4. The third-order valence-corrected chi connectivity index (χ3v) is 5.19. The smallest absolute Gasteiger partial charge is 0.159 e. The van der Waals surface area contributed by atoms with Crippen LogP contribution in [-0.4, -0.2) is 9.97 Å². The van der Waals surface area contributed by atoms with Gasteiger partial charge in [-0.3, -0.25) is 0 Å². The molecule has 1 aliphatic carbocycles. The van der Waals surface area contributed by atoms with Crippen LogP contribution >= 0.6 is 0 Å². The maximum atomic E-state index is 13.3. The predicted octanol–water partition coefficient (Wildman–Crippen LogP) is 6.05. The van der Waals surface area contributed by atoms with Gasteiger partial charge in [-0.2, -0.15) is 0 Å². The van der Waals surface area contributed by atoms with Crippen LogP contribution in [-0.2, 0) is 0 Å². The molecule has 3 rings (SSSR count). The SMILES string of the molecule is C=CCCCC1CCC(c2cnc(-c3ccc(F)c(F)c3)nc2)CC1. The van der Waals surface area contributed by atoms with Crippen molar-refractivity contribution in [1.82, 2.24) is 9.97 Å². The van der Waals surface area contributed by atoms with E-state index in [2.05, 4.69) is 16.5 Å². The summed E-state index contributed by atoms with van der Waals surface area (Å²) in [5.74, 6) is 0.0409. The lowest BCUT2D eigenvalue weighted by atomic mass is 9.77. The van der Waals surface area contributed by atoms with Gasteiger partial charge in [0.25, 0.3) is 0 Å². The average Bonchev–Trinajstić information content (AvgIpc) is 2.65. The van der Waals surface area contributed by atoms with Crippen LogP contribution in [0.2, 0.25) is 0 Å². The maximum Gasteiger partial charge on any atom is 0.159 e. The van der Waals surface area contributed by atoms with E-state index in [0.29, 0.717) is 17.3 Å². The van der Waals surface area contributed by atoms with Crippen molar-refractivity contribution < 1.29 is 8.78 Å². The number of nitrogens with zero attached hydrogens (tertiary/aromatic N) is 2. The van der Waals surface area contributed by atoms with E-state index in [-0.39, 0.29) is 0 Å². The van der Waals surface area contributed by atoms with E-state index in [1.54, 1.807) is 0 Å². The molecule has 1 heterocycles. The zero-order valence-electron chi connectivity index (χ0n) is 14.4. The van der Waals surface area contributed by atoms with E-state index in [1.165, 1.54) is 44.6 Å². The van der Waals surface area contributed by atoms with Gasteiger partial charge in [-0.15, -0.1) is 6.58 Å². The quantitative estimate of drug-likeness (QED) is 0.471. The van der Waals surface area contributed by atoms with Crippen molar-refractivity contribution in [3.05, 3.63) is 60.4 Å². The lowest BCUT2D eigenvalue weighted by molar-refractivity contribution is 0.305. The first kappa shape index (κ1) is 17.7. The fourth-order valence-corrected chi connectivity index (χ4v) is 3.67. The lowest BCUT2D eigenvalue weighted by Gasteiger charge is -2.28. The Morgan fingerprint density at radius 2 is 1.76 bits per heavy atom. The minimum absolute atomic E-state index is 0.431. The van der Waals surface area contributed by atoms with Crippen LogP contribution in [0.1, 0.15) is 56.4 Å². The molecular formula is C21H24F2N2. The fourth-order valence-electron chi connectivity index (χ4n) is 3.67. The predicted molar refractivity (Wildman–Crippen MR) is 96.1 cm³/mol. The van der Waals surface area contributed by atoms with Crippen LogP contribution in [0.3, 0.4) is 0 Å². The monoisotopic (exact) mass is 342 g/mol. The minimum atomic E-state index is -0.875. The number of benzene rings is 1. The second-order valence-corrected chi connectivity index (χ2v) is 6.91. The molecular weight excluding hydrogens is 318 g/mol. The summed E-state index contributed by atoms with van der Waals surface area (Å²) >= 11 is 0. The Bertz CT molecular complexity index is 704. The topological polar surface area (TPSA) is 25.8 Å². The summed E-state index contributed by atoms with van der Waals surface area (Å²) in [5, 5.41) is 0. The van der Waals surface area contributed by atoms with Gasteiger partial charge in [0.2, 0.25) is 0 Å². The van der Waals surface area contributed by atoms with Crippen molar-refractivity contribution in [3.8, 4) is 11.4 Å². The minimum Gasteiger partial charge on any atom is -0.236 e. The van der Waals surface area contributed by atoms with Crippen LogP contribution < -0.4 is 0 Å². The van der Waals surface area contributed by atoms with Crippen molar-refractivity contribution in [1.29, 1.82) is 0 Å². The number of hydrogen-bond acceptors (Lipinski definition) is 2. The first-order chi connectivity index (χ1) is 12.2. The molecule has 4 heteroatoms. The first-order valence-electron chi connectivity index (χ1n) is 9.05. The van der Waals surface area contributed by atoms with Gasteiger partial charge in [-0.05, 0) is 74.1 Å². The third kappa shape index (κ3) is 4.50. The van der Waals surface area contributed by atoms with E-state index in [9.17, 15) is 8.78 Å². The Hall–Kier alpha value is -2.10. The summed E-state index contributed by atoms with van der Waals surface area (Å²) in [6, 6.07) is 3.75. The van der Waals surface area contributed by atoms with Gasteiger partial charge < -0.3 is 0 Å². The van der Waals surface area contributed by atoms with Gasteiger partial charge in [0.15, 0.2) is 17.5 Å². The molecule has 1 saturated carbocycles. The maximum absolute atomic E-state index is 13.3. The molecule has 0 unspecified atom stereocenters. The lowest BCUT2D eigenvalue weighted by Crippen LogP contribution is -2.13. The molecule has 1 aromatic heterocycles. The van der Waals surface area contributed by atoms with Crippen LogP contribution in [0, 0.1) is 17.6 Å². The molecule has 0 spiro atoms.